The molecule has 3 aromatic carbocycles. The second-order valence-electron chi connectivity index (χ2n) is 7.36. The lowest BCUT2D eigenvalue weighted by atomic mass is 10.1. The van der Waals surface area contributed by atoms with Gasteiger partial charge >= 0.3 is 0 Å². The monoisotopic (exact) mass is 456 g/mol. The van der Waals surface area contributed by atoms with Crippen LogP contribution < -0.4 is 14.4 Å². The number of rotatable bonds is 9. The fourth-order valence-corrected chi connectivity index (χ4v) is 3.96. The van der Waals surface area contributed by atoms with Crippen LogP contribution in [0.3, 0.4) is 0 Å². The van der Waals surface area contributed by atoms with Crippen molar-refractivity contribution in [3.05, 3.63) is 95.3 Å². The molecule has 0 saturated heterocycles. The van der Waals surface area contributed by atoms with Crippen LogP contribution in [-0.4, -0.2) is 33.7 Å². The lowest BCUT2D eigenvalue weighted by Crippen LogP contribution is -2.30. The van der Waals surface area contributed by atoms with Crippen LogP contribution in [0.2, 0.25) is 0 Å². The van der Waals surface area contributed by atoms with Gasteiger partial charge in [-0.25, -0.2) is 12.8 Å². The van der Waals surface area contributed by atoms with Crippen LogP contribution in [0.4, 0.5) is 10.1 Å². The highest BCUT2D eigenvalue weighted by Crippen LogP contribution is 2.21. The Morgan fingerprint density at radius 1 is 1.03 bits per heavy atom. The number of sulfonamides is 1. The summed E-state index contributed by atoms with van der Waals surface area (Å²) in [5.74, 6) is 0.0683. The first kappa shape index (κ1) is 23.3. The minimum atomic E-state index is -3.58. The first-order valence-electron chi connectivity index (χ1n) is 10.0. The molecule has 0 aromatic heterocycles. The number of halogens is 1. The molecule has 0 unspecified atom stereocenters. The van der Waals surface area contributed by atoms with E-state index < -0.39 is 10.0 Å². The van der Waals surface area contributed by atoms with Crippen molar-refractivity contribution in [1.82, 2.24) is 5.32 Å². The third-order valence-electron chi connectivity index (χ3n) is 4.70. The van der Waals surface area contributed by atoms with Crippen molar-refractivity contribution in [3.63, 3.8) is 0 Å². The number of carbonyl (C=O) groups is 1. The summed E-state index contributed by atoms with van der Waals surface area (Å²) in [6.07, 6.45) is 1.10. The number of benzene rings is 3. The van der Waals surface area contributed by atoms with E-state index in [1.54, 1.807) is 24.3 Å². The van der Waals surface area contributed by atoms with E-state index in [0.29, 0.717) is 30.0 Å². The van der Waals surface area contributed by atoms with Gasteiger partial charge in [-0.05, 0) is 66.6 Å². The largest absolute Gasteiger partial charge is 0.492 e. The summed E-state index contributed by atoms with van der Waals surface area (Å²) in [5, 5.41) is 2.78. The zero-order valence-electron chi connectivity index (χ0n) is 17.9. The summed E-state index contributed by atoms with van der Waals surface area (Å²) in [7, 11) is -3.58. The van der Waals surface area contributed by atoms with Gasteiger partial charge in [-0.15, -0.1) is 0 Å². The Kier molecular flexibility index (Phi) is 7.48. The minimum Gasteiger partial charge on any atom is -0.492 e. The number of aryl methyl sites for hydroxylation is 1. The Balaban J connectivity index is 1.60. The van der Waals surface area contributed by atoms with Gasteiger partial charge in [0, 0.05) is 5.56 Å². The van der Waals surface area contributed by atoms with E-state index in [-0.39, 0.29) is 18.3 Å². The molecule has 0 atom stereocenters. The van der Waals surface area contributed by atoms with E-state index in [1.807, 2.05) is 31.2 Å². The van der Waals surface area contributed by atoms with Crippen LogP contribution in [-0.2, 0) is 16.6 Å². The smallest absolute Gasteiger partial charge is 0.251 e. The molecule has 0 aliphatic rings. The van der Waals surface area contributed by atoms with Gasteiger partial charge in [0.2, 0.25) is 10.0 Å². The number of nitrogens with one attached hydrogen (secondary N) is 1. The highest BCUT2D eigenvalue weighted by molar-refractivity contribution is 7.92. The van der Waals surface area contributed by atoms with Crippen LogP contribution in [0.15, 0.2) is 72.8 Å². The molecule has 1 N–H and O–H groups in total. The molecule has 3 aromatic rings. The minimum absolute atomic E-state index is 0.0565. The number of hydrogen-bond donors (Lipinski definition) is 1. The average Bonchev–Trinajstić information content (AvgIpc) is 2.75. The molecular formula is C24H25FN2O4S. The fourth-order valence-electron chi connectivity index (χ4n) is 3.08. The van der Waals surface area contributed by atoms with Crippen molar-refractivity contribution in [3.8, 4) is 5.75 Å². The molecule has 168 valence electrons. The van der Waals surface area contributed by atoms with Crippen LogP contribution in [0.1, 0.15) is 21.5 Å². The highest BCUT2D eigenvalue weighted by Gasteiger charge is 2.18. The van der Waals surface area contributed by atoms with E-state index in [4.69, 9.17) is 4.74 Å². The Labute approximate surface area is 187 Å². The zero-order valence-corrected chi connectivity index (χ0v) is 18.7. The average molecular weight is 457 g/mol. The first-order valence-corrected chi connectivity index (χ1v) is 11.9. The number of amides is 1. The molecule has 32 heavy (non-hydrogen) atoms. The molecule has 0 fully saturated rings. The van der Waals surface area contributed by atoms with Crippen molar-refractivity contribution in [2.24, 2.45) is 0 Å². The van der Waals surface area contributed by atoms with Crippen molar-refractivity contribution < 1.29 is 22.3 Å². The van der Waals surface area contributed by atoms with E-state index in [9.17, 15) is 17.6 Å². The molecule has 1 amide bonds. The van der Waals surface area contributed by atoms with Crippen LogP contribution in [0, 0.1) is 12.7 Å². The Morgan fingerprint density at radius 2 is 1.72 bits per heavy atom. The normalized spacial score (nSPS) is 11.1. The molecular weight excluding hydrogens is 431 g/mol. The highest BCUT2D eigenvalue weighted by atomic mass is 32.2. The summed E-state index contributed by atoms with van der Waals surface area (Å²) in [5.41, 5.74) is 2.55. The number of carbonyl (C=O) groups excluding carboxylic acids is 1. The molecule has 0 heterocycles. The second-order valence-corrected chi connectivity index (χ2v) is 9.27. The Hall–Kier alpha value is -3.39. The summed E-state index contributed by atoms with van der Waals surface area (Å²) >= 11 is 0. The van der Waals surface area contributed by atoms with E-state index in [2.05, 4.69) is 5.32 Å². The standard InChI is InChI=1S/C24H25FN2O4S/c1-18-4-3-5-23(16-18)31-15-14-26-24(28)20-8-12-22(13-9-20)27(32(2,29)30)17-19-6-10-21(25)11-7-19/h3-13,16H,14-15,17H2,1-2H3,(H,26,28). The maximum atomic E-state index is 13.1. The third kappa shape index (κ3) is 6.55. The zero-order chi connectivity index (χ0) is 23.1. The second kappa shape index (κ2) is 10.3. The molecule has 0 saturated carbocycles. The first-order chi connectivity index (χ1) is 15.2. The molecule has 8 heteroatoms. The Morgan fingerprint density at radius 3 is 2.34 bits per heavy atom. The fraction of sp³-hybridized carbons (Fsp3) is 0.208. The number of nitrogens with zero attached hydrogens (tertiary/aromatic N) is 1. The number of anilines is 1. The summed E-state index contributed by atoms with van der Waals surface area (Å²) in [6, 6.07) is 19.6. The molecule has 0 spiro atoms. The van der Waals surface area contributed by atoms with Crippen LogP contribution in [0.25, 0.3) is 0 Å². The SMILES string of the molecule is Cc1cccc(OCCNC(=O)c2ccc(N(Cc3ccc(F)cc3)S(C)(=O)=O)cc2)c1. The van der Waals surface area contributed by atoms with Gasteiger partial charge in [-0.3, -0.25) is 9.10 Å². The lowest BCUT2D eigenvalue weighted by Gasteiger charge is -2.22. The predicted octanol–water partition coefficient (Wildman–Crippen LogP) is 3.91. The summed E-state index contributed by atoms with van der Waals surface area (Å²) in [4.78, 5) is 12.4. The topological polar surface area (TPSA) is 75.7 Å². The number of ether oxygens (including phenoxy) is 1. The Bertz CT molecular complexity index is 1160. The van der Waals surface area contributed by atoms with Crippen LogP contribution in [0.5, 0.6) is 5.75 Å². The maximum Gasteiger partial charge on any atom is 0.251 e. The molecule has 6 nitrogen and oxygen atoms in total. The van der Waals surface area contributed by atoms with Gasteiger partial charge in [-0.1, -0.05) is 24.3 Å². The van der Waals surface area contributed by atoms with Gasteiger partial charge < -0.3 is 10.1 Å². The van der Waals surface area contributed by atoms with Crippen LogP contribution >= 0.6 is 0 Å². The molecule has 0 bridgehead atoms. The van der Waals surface area contributed by atoms with Crippen molar-refractivity contribution in [2.45, 2.75) is 13.5 Å². The van der Waals surface area contributed by atoms with Crippen molar-refractivity contribution in [2.75, 3.05) is 23.7 Å². The summed E-state index contributed by atoms with van der Waals surface area (Å²) in [6.45, 7) is 2.69. The quantitative estimate of drug-likeness (QED) is 0.496. The maximum absolute atomic E-state index is 13.1. The molecule has 0 radical (unpaired) electrons. The summed E-state index contributed by atoms with van der Waals surface area (Å²) < 4.78 is 44.5. The van der Waals surface area contributed by atoms with E-state index in [0.717, 1.165) is 17.6 Å². The molecule has 0 aliphatic carbocycles. The predicted molar refractivity (Wildman–Crippen MR) is 123 cm³/mol. The van der Waals surface area contributed by atoms with Gasteiger partial charge in [-0.2, -0.15) is 0 Å². The lowest BCUT2D eigenvalue weighted by molar-refractivity contribution is 0.0947. The van der Waals surface area contributed by atoms with Crippen molar-refractivity contribution >= 4 is 21.6 Å². The van der Waals surface area contributed by atoms with Gasteiger partial charge in [0.1, 0.15) is 18.2 Å². The van der Waals surface area contributed by atoms with Crippen molar-refractivity contribution in [1.29, 1.82) is 0 Å². The molecule has 0 aliphatic heterocycles. The van der Waals surface area contributed by atoms with Gasteiger partial charge in [0.25, 0.3) is 5.91 Å². The number of hydrogen-bond acceptors (Lipinski definition) is 4. The van der Waals surface area contributed by atoms with E-state index >= 15 is 0 Å². The van der Waals surface area contributed by atoms with Gasteiger partial charge in [0.15, 0.2) is 0 Å². The third-order valence-corrected chi connectivity index (χ3v) is 5.84. The van der Waals surface area contributed by atoms with Gasteiger partial charge in [0.05, 0.1) is 25.0 Å². The van der Waals surface area contributed by atoms with E-state index in [1.165, 1.54) is 28.6 Å². The molecule has 3 rings (SSSR count).